The van der Waals surface area contributed by atoms with Crippen molar-refractivity contribution in [2.24, 2.45) is 0 Å². The maximum atomic E-state index is 12.4. The third-order valence-electron chi connectivity index (χ3n) is 3.04. The van der Waals surface area contributed by atoms with Gasteiger partial charge in [-0.2, -0.15) is 0 Å². The van der Waals surface area contributed by atoms with Crippen LogP contribution in [-0.2, 0) is 0 Å². The fraction of sp³-hybridized carbons (Fsp3) is 0. The van der Waals surface area contributed by atoms with Crippen molar-refractivity contribution >= 4 is 50.0 Å². The van der Waals surface area contributed by atoms with E-state index in [4.69, 9.17) is 11.6 Å². The molecule has 0 atom stereocenters. The van der Waals surface area contributed by atoms with E-state index in [1.165, 1.54) is 0 Å². The van der Waals surface area contributed by atoms with E-state index >= 15 is 0 Å². The predicted octanol–water partition coefficient (Wildman–Crippen LogP) is 4.84. The van der Waals surface area contributed by atoms with Crippen LogP contribution >= 0.6 is 27.5 Å². The first-order valence-electron chi connectivity index (χ1n) is 5.98. The zero-order valence-corrected chi connectivity index (χ0v) is 12.6. The number of nitrogens with one attached hydrogen (secondary N) is 2. The quantitative estimate of drug-likeness (QED) is 0.683. The van der Waals surface area contributed by atoms with E-state index in [1.54, 1.807) is 24.3 Å². The van der Waals surface area contributed by atoms with Gasteiger partial charge in [0.05, 0.1) is 15.2 Å². The van der Waals surface area contributed by atoms with Crippen LogP contribution in [0.1, 0.15) is 10.4 Å². The summed E-state index contributed by atoms with van der Waals surface area (Å²) in [5.74, 6) is -0.168. The summed E-state index contributed by atoms with van der Waals surface area (Å²) in [6.45, 7) is 0. The monoisotopic (exact) mass is 348 g/mol. The van der Waals surface area contributed by atoms with Crippen LogP contribution in [0.2, 0.25) is 5.02 Å². The fourth-order valence-corrected chi connectivity index (χ4v) is 2.61. The average Bonchev–Trinajstić information content (AvgIpc) is 2.92. The van der Waals surface area contributed by atoms with Crippen molar-refractivity contribution in [3.8, 4) is 0 Å². The van der Waals surface area contributed by atoms with Crippen LogP contribution in [0.25, 0.3) is 10.9 Å². The highest BCUT2D eigenvalue weighted by molar-refractivity contribution is 9.10. The van der Waals surface area contributed by atoms with Crippen molar-refractivity contribution in [3.63, 3.8) is 0 Å². The van der Waals surface area contributed by atoms with Gasteiger partial charge in [-0.3, -0.25) is 4.79 Å². The second kappa shape index (κ2) is 5.31. The van der Waals surface area contributed by atoms with Crippen LogP contribution in [0.5, 0.6) is 0 Å². The molecular weight excluding hydrogens is 340 g/mol. The summed E-state index contributed by atoms with van der Waals surface area (Å²) in [5.41, 5.74) is 2.20. The number of aromatic amines is 1. The van der Waals surface area contributed by atoms with Crippen LogP contribution in [0.3, 0.4) is 0 Å². The Morgan fingerprint density at radius 3 is 2.80 bits per heavy atom. The molecule has 2 aromatic carbocycles. The predicted molar refractivity (Wildman–Crippen MR) is 85.4 cm³/mol. The number of aromatic nitrogens is 1. The van der Waals surface area contributed by atoms with Gasteiger partial charge in [0, 0.05) is 22.7 Å². The highest BCUT2D eigenvalue weighted by atomic mass is 79.9. The van der Waals surface area contributed by atoms with Gasteiger partial charge in [0.15, 0.2) is 0 Å². The van der Waals surface area contributed by atoms with Crippen LogP contribution in [0.4, 0.5) is 5.69 Å². The van der Waals surface area contributed by atoms with E-state index in [0.29, 0.717) is 20.7 Å². The molecule has 1 amide bonds. The second-order valence-electron chi connectivity index (χ2n) is 4.30. The molecule has 1 heterocycles. The third kappa shape index (κ3) is 2.32. The van der Waals surface area contributed by atoms with Crippen molar-refractivity contribution in [1.82, 2.24) is 4.98 Å². The Kier molecular flexibility index (Phi) is 3.51. The molecule has 20 heavy (non-hydrogen) atoms. The largest absolute Gasteiger partial charge is 0.361 e. The van der Waals surface area contributed by atoms with Gasteiger partial charge in [0.2, 0.25) is 0 Å². The SMILES string of the molecule is O=C(Nc1cccc(Cl)c1Br)c1cccc2[nH]ccc12. The minimum absolute atomic E-state index is 0.168. The molecule has 0 fully saturated rings. The van der Waals surface area contributed by atoms with E-state index < -0.39 is 0 Å². The highest BCUT2D eigenvalue weighted by Crippen LogP contribution is 2.30. The van der Waals surface area contributed by atoms with Crippen molar-refractivity contribution in [1.29, 1.82) is 0 Å². The number of carbonyl (C=O) groups excluding carboxylic acids is 1. The van der Waals surface area contributed by atoms with E-state index in [9.17, 15) is 4.79 Å². The number of halogens is 2. The molecular formula is C15H10BrClN2O. The lowest BCUT2D eigenvalue weighted by Crippen LogP contribution is -2.12. The van der Waals surface area contributed by atoms with Gasteiger partial charge in [-0.05, 0) is 46.3 Å². The van der Waals surface area contributed by atoms with E-state index in [1.807, 2.05) is 24.4 Å². The summed E-state index contributed by atoms with van der Waals surface area (Å²) in [5, 5.41) is 4.31. The van der Waals surface area contributed by atoms with Crippen molar-refractivity contribution in [2.45, 2.75) is 0 Å². The number of amides is 1. The lowest BCUT2D eigenvalue weighted by Gasteiger charge is -2.09. The molecule has 100 valence electrons. The Hall–Kier alpha value is -1.78. The zero-order valence-electron chi connectivity index (χ0n) is 10.3. The standard InChI is InChI=1S/C15H10BrClN2O/c16-14-11(17)4-2-6-13(14)19-15(20)10-3-1-5-12-9(10)7-8-18-12/h1-8,18H,(H,19,20). The molecule has 1 aromatic heterocycles. The normalized spacial score (nSPS) is 10.7. The van der Waals surface area contributed by atoms with Gasteiger partial charge in [0.1, 0.15) is 0 Å². The number of carbonyl (C=O) groups is 1. The van der Waals surface area contributed by atoms with E-state index in [-0.39, 0.29) is 5.91 Å². The van der Waals surface area contributed by atoms with Gasteiger partial charge < -0.3 is 10.3 Å². The smallest absolute Gasteiger partial charge is 0.256 e. The zero-order chi connectivity index (χ0) is 14.1. The first-order valence-corrected chi connectivity index (χ1v) is 7.15. The molecule has 3 aromatic rings. The van der Waals surface area contributed by atoms with Gasteiger partial charge in [0.25, 0.3) is 5.91 Å². The van der Waals surface area contributed by atoms with Crippen LogP contribution in [0.15, 0.2) is 53.1 Å². The van der Waals surface area contributed by atoms with Gasteiger partial charge >= 0.3 is 0 Å². The average molecular weight is 350 g/mol. The van der Waals surface area contributed by atoms with Crippen LogP contribution in [-0.4, -0.2) is 10.9 Å². The molecule has 3 nitrogen and oxygen atoms in total. The Morgan fingerprint density at radius 1 is 1.15 bits per heavy atom. The number of benzene rings is 2. The van der Waals surface area contributed by atoms with Crippen molar-refractivity contribution in [3.05, 3.63) is 63.7 Å². The van der Waals surface area contributed by atoms with Gasteiger partial charge in [-0.25, -0.2) is 0 Å². The first-order chi connectivity index (χ1) is 9.66. The van der Waals surface area contributed by atoms with Gasteiger partial charge in [-0.15, -0.1) is 0 Å². The Labute approximate surface area is 129 Å². The molecule has 0 saturated carbocycles. The first kappa shape index (κ1) is 13.2. The maximum absolute atomic E-state index is 12.4. The molecule has 5 heteroatoms. The Bertz CT molecular complexity index is 797. The fourth-order valence-electron chi connectivity index (χ4n) is 2.07. The minimum Gasteiger partial charge on any atom is -0.361 e. The van der Waals surface area contributed by atoms with Crippen molar-refractivity contribution in [2.75, 3.05) is 5.32 Å². The Balaban J connectivity index is 1.97. The molecule has 0 spiro atoms. The lowest BCUT2D eigenvalue weighted by atomic mass is 10.1. The molecule has 0 bridgehead atoms. The molecule has 2 N–H and O–H groups in total. The highest BCUT2D eigenvalue weighted by Gasteiger charge is 2.12. The molecule has 0 aliphatic carbocycles. The molecule has 0 saturated heterocycles. The maximum Gasteiger partial charge on any atom is 0.256 e. The summed E-state index contributed by atoms with van der Waals surface area (Å²) in [7, 11) is 0. The molecule has 0 aliphatic heterocycles. The van der Waals surface area contributed by atoms with E-state index in [0.717, 1.165) is 10.9 Å². The van der Waals surface area contributed by atoms with Gasteiger partial charge in [-0.1, -0.05) is 23.7 Å². The number of anilines is 1. The lowest BCUT2D eigenvalue weighted by molar-refractivity contribution is 0.102. The molecule has 0 unspecified atom stereocenters. The summed E-state index contributed by atoms with van der Waals surface area (Å²) in [6, 6.07) is 12.8. The third-order valence-corrected chi connectivity index (χ3v) is 4.44. The summed E-state index contributed by atoms with van der Waals surface area (Å²) < 4.78 is 0.677. The summed E-state index contributed by atoms with van der Waals surface area (Å²) in [6.07, 6.45) is 1.82. The van der Waals surface area contributed by atoms with Crippen LogP contribution < -0.4 is 5.32 Å². The number of fused-ring (bicyclic) bond motifs is 1. The summed E-state index contributed by atoms with van der Waals surface area (Å²) >= 11 is 9.39. The molecule has 0 aliphatic rings. The molecule has 3 rings (SSSR count). The topological polar surface area (TPSA) is 44.9 Å². The Morgan fingerprint density at radius 2 is 1.95 bits per heavy atom. The second-order valence-corrected chi connectivity index (χ2v) is 5.50. The molecule has 0 radical (unpaired) electrons. The van der Waals surface area contributed by atoms with E-state index in [2.05, 4.69) is 26.2 Å². The number of hydrogen-bond donors (Lipinski definition) is 2. The number of hydrogen-bond acceptors (Lipinski definition) is 1. The summed E-state index contributed by atoms with van der Waals surface area (Å²) in [4.78, 5) is 15.5. The number of H-pyrrole nitrogens is 1. The minimum atomic E-state index is -0.168. The van der Waals surface area contributed by atoms with Crippen LogP contribution in [0, 0.1) is 0 Å². The number of rotatable bonds is 2. The van der Waals surface area contributed by atoms with Crippen molar-refractivity contribution < 1.29 is 4.79 Å².